The molecule has 3 nitrogen and oxygen atoms in total. The van der Waals surface area contributed by atoms with E-state index in [9.17, 15) is 0 Å². The summed E-state index contributed by atoms with van der Waals surface area (Å²) in [5, 5.41) is 3.47. The first-order valence-electron chi connectivity index (χ1n) is 5.55. The fourth-order valence-electron chi connectivity index (χ4n) is 1.39. The number of anilines is 1. The molecule has 0 unspecified atom stereocenters. The van der Waals surface area contributed by atoms with Crippen LogP contribution in [-0.4, -0.2) is 15.5 Å². The molecule has 1 heterocycles. The lowest BCUT2D eigenvalue weighted by molar-refractivity contribution is 0.478. The minimum Gasteiger partial charge on any atom is -0.388 e. The first-order chi connectivity index (χ1) is 7.50. The van der Waals surface area contributed by atoms with E-state index in [-0.39, 0.29) is 5.54 Å². The summed E-state index contributed by atoms with van der Waals surface area (Å²) >= 11 is 4.86. The lowest BCUT2D eigenvalue weighted by Gasteiger charge is -2.29. The standard InChI is InChI=1S/C12H19N3S/c1-4-12(3,5-2)15-9-6-7-10(11(13)16)14-8-9/h6-8,15H,4-5H2,1-3H3,(H2,13,16). The van der Waals surface area contributed by atoms with Crippen molar-refractivity contribution in [2.45, 2.75) is 39.2 Å². The van der Waals surface area contributed by atoms with Gasteiger partial charge >= 0.3 is 0 Å². The molecule has 0 fully saturated rings. The molecule has 0 aliphatic rings. The van der Waals surface area contributed by atoms with E-state index in [2.05, 4.69) is 31.1 Å². The number of nitrogens with two attached hydrogens (primary N) is 1. The minimum atomic E-state index is 0.117. The third kappa shape index (κ3) is 3.17. The topological polar surface area (TPSA) is 50.9 Å². The molecule has 0 saturated heterocycles. The molecule has 88 valence electrons. The highest BCUT2D eigenvalue weighted by atomic mass is 32.1. The van der Waals surface area contributed by atoms with Gasteiger partial charge in [-0.25, -0.2) is 0 Å². The monoisotopic (exact) mass is 237 g/mol. The van der Waals surface area contributed by atoms with Crippen molar-refractivity contribution in [3.05, 3.63) is 24.0 Å². The largest absolute Gasteiger partial charge is 0.388 e. The lowest BCUT2D eigenvalue weighted by Crippen LogP contribution is -2.33. The van der Waals surface area contributed by atoms with Crippen molar-refractivity contribution in [1.29, 1.82) is 0 Å². The molecule has 0 aromatic carbocycles. The van der Waals surface area contributed by atoms with Gasteiger partial charge in [0.15, 0.2) is 0 Å². The molecule has 1 rings (SSSR count). The number of hydrogen-bond acceptors (Lipinski definition) is 3. The van der Waals surface area contributed by atoms with Crippen LogP contribution >= 0.6 is 12.2 Å². The third-order valence-corrected chi connectivity index (χ3v) is 3.23. The van der Waals surface area contributed by atoms with Crippen molar-refractivity contribution >= 4 is 22.9 Å². The molecule has 0 atom stereocenters. The molecule has 16 heavy (non-hydrogen) atoms. The molecule has 1 aromatic rings. The van der Waals surface area contributed by atoms with Crippen molar-refractivity contribution in [3.8, 4) is 0 Å². The van der Waals surface area contributed by atoms with Crippen molar-refractivity contribution in [1.82, 2.24) is 4.98 Å². The first kappa shape index (κ1) is 12.9. The van der Waals surface area contributed by atoms with Crippen LogP contribution in [-0.2, 0) is 0 Å². The summed E-state index contributed by atoms with van der Waals surface area (Å²) in [6, 6.07) is 3.81. The second-order valence-electron chi connectivity index (χ2n) is 4.19. The van der Waals surface area contributed by atoms with Gasteiger partial charge in [0.1, 0.15) is 4.99 Å². The number of thiocarbonyl (C=S) groups is 1. The second-order valence-corrected chi connectivity index (χ2v) is 4.63. The van der Waals surface area contributed by atoms with Gasteiger partial charge in [0, 0.05) is 5.54 Å². The summed E-state index contributed by atoms with van der Waals surface area (Å²) in [4.78, 5) is 4.54. The van der Waals surface area contributed by atoms with E-state index in [1.165, 1.54) is 0 Å². The SMILES string of the molecule is CCC(C)(CC)Nc1ccc(C(N)=S)nc1. The number of pyridine rings is 1. The Morgan fingerprint density at radius 1 is 1.44 bits per heavy atom. The number of rotatable bonds is 5. The van der Waals surface area contributed by atoms with Crippen molar-refractivity contribution in [3.63, 3.8) is 0 Å². The predicted octanol–water partition coefficient (Wildman–Crippen LogP) is 2.71. The van der Waals surface area contributed by atoms with Crippen LogP contribution in [0.1, 0.15) is 39.3 Å². The minimum absolute atomic E-state index is 0.117. The molecular weight excluding hydrogens is 218 g/mol. The van der Waals surface area contributed by atoms with Gasteiger partial charge in [-0.3, -0.25) is 4.98 Å². The van der Waals surface area contributed by atoms with Crippen LogP contribution in [0, 0.1) is 0 Å². The summed E-state index contributed by atoms with van der Waals surface area (Å²) in [6.07, 6.45) is 3.92. The van der Waals surface area contributed by atoms with Crippen molar-refractivity contribution in [2.75, 3.05) is 5.32 Å². The molecule has 4 heteroatoms. The zero-order valence-corrected chi connectivity index (χ0v) is 10.9. The van der Waals surface area contributed by atoms with Crippen LogP contribution in [0.4, 0.5) is 5.69 Å². The number of aromatic nitrogens is 1. The van der Waals surface area contributed by atoms with Gasteiger partial charge in [0.2, 0.25) is 0 Å². The summed E-state index contributed by atoms with van der Waals surface area (Å²) in [6.45, 7) is 6.55. The zero-order chi connectivity index (χ0) is 12.2. The summed E-state index contributed by atoms with van der Waals surface area (Å²) in [5.74, 6) is 0. The van der Waals surface area contributed by atoms with E-state index in [4.69, 9.17) is 18.0 Å². The Hall–Kier alpha value is -1.16. The van der Waals surface area contributed by atoms with Gasteiger partial charge < -0.3 is 11.1 Å². The van der Waals surface area contributed by atoms with Crippen molar-refractivity contribution < 1.29 is 0 Å². The second kappa shape index (κ2) is 5.25. The zero-order valence-electron chi connectivity index (χ0n) is 10.1. The molecule has 0 amide bonds. The smallest absolute Gasteiger partial charge is 0.122 e. The maximum Gasteiger partial charge on any atom is 0.122 e. The van der Waals surface area contributed by atoms with Crippen LogP contribution in [0.15, 0.2) is 18.3 Å². The quantitative estimate of drug-likeness (QED) is 0.773. The number of hydrogen-bond donors (Lipinski definition) is 2. The maximum atomic E-state index is 5.49. The molecule has 3 N–H and O–H groups in total. The van der Waals surface area contributed by atoms with Crippen molar-refractivity contribution in [2.24, 2.45) is 5.73 Å². The fourth-order valence-corrected chi connectivity index (χ4v) is 1.51. The molecule has 0 spiro atoms. The van der Waals surface area contributed by atoms with E-state index in [0.29, 0.717) is 10.7 Å². The summed E-state index contributed by atoms with van der Waals surface area (Å²) in [7, 11) is 0. The highest BCUT2D eigenvalue weighted by Gasteiger charge is 2.18. The molecule has 0 aliphatic heterocycles. The Bertz CT molecular complexity index is 355. The van der Waals surface area contributed by atoms with Gasteiger partial charge in [0.05, 0.1) is 17.6 Å². The Balaban J connectivity index is 2.79. The Morgan fingerprint density at radius 2 is 2.06 bits per heavy atom. The third-order valence-electron chi connectivity index (χ3n) is 3.02. The predicted molar refractivity (Wildman–Crippen MR) is 72.7 cm³/mol. The van der Waals surface area contributed by atoms with E-state index in [1.807, 2.05) is 12.1 Å². The first-order valence-corrected chi connectivity index (χ1v) is 5.95. The lowest BCUT2D eigenvalue weighted by atomic mass is 9.95. The molecule has 0 radical (unpaired) electrons. The van der Waals surface area contributed by atoms with Gasteiger partial charge in [0.25, 0.3) is 0 Å². The van der Waals surface area contributed by atoms with Gasteiger partial charge in [-0.15, -0.1) is 0 Å². The van der Waals surface area contributed by atoms with E-state index in [1.54, 1.807) is 6.20 Å². The van der Waals surface area contributed by atoms with Crippen LogP contribution in [0.25, 0.3) is 0 Å². The van der Waals surface area contributed by atoms with Crippen LogP contribution in [0.2, 0.25) is 0 Å². The average Bonchev–Trinajstić information content (AvgIpc) is 2.29. The molecule has 0 saturated carbocycles. The Labute approximate surface area is 102 Å². The Kier molecular flexibility index (Phi) is 4.24. The van der Waals surface area contributed by atoms with Crippen LogP contribution in [0.3, 0.4) is 0 Å². The van der Waals surface area contributed by atoms with Crippen LogP contribution in [0.5, 0.6) is 0 Å². The summed E-state index contributed by atoms with van der Waals surface area (Å²) < 4.78 is 0. The normalized spacial score (nSPS) is 11.2. The maximum absolute atomic E-state index is 5.49. The highest BCUT2D eigenvalue weighted by molar-refractivity contribution is 7.80. The molecule has 0 bridgehead atoms. The van der Waals surface area contributed by atoms with E-state index >= 15 is 0 Å². The van der Waals surface area contributed by atoms with E-state index < -0.39 is 0 Å². The number of nitrogens with one attached hydrogen (secondary N) is 1. The van der Waals surface area contributed by atoms with Gasteiger partial charge in [-0.05, 0) is 31.9 Å². The fraction of sp³-hybridized carbons (Fsp3) is 0.500. The average molecular weight is 237 g/mol. The molecular formula is C12H19N3S. The van der Waals surface area contributed by atoms with Gasteiger partial charge in [-0.1, -0.05) is 26.1 Å². The number of nitrogens with zero attached hydrogens (tertiary/aromatic N) is 1. The Morgan fingerprint density at radius 3 is 2.44 bits per heavy atom. The molecule has 1 aromatic heterocycles. The molecule has 0 aliphatic carbocycles. The van der Waals surface area contributed by atoms with E-state index in [0.717, 1.165) is 18.5 Å². The van der Waals surface area contributed by atoms with Gasteiger partial charge in [-0.2, -0.15) is 0 Å². The highest BCUT2D eigenvalue weighted by Crippen LogP contribution is 2.20. The van der Waals surface area contributed by atoms with Crippen LogP contribution < -0.4 is 11.1 Å². The summed E-state index contributed by atoms with van der Waals surface area (Å²) in [5.41, 5.74) is 7.28.